The molecule has 0 amide bonds. The molecule has 0 aliphatic carbocycles. The Labute approximate surface area is 153 Å². The molecule has 0 N–H and O–H groups in total. The van der Waals surface area contributed by atoms with Crippen LogP contribution in [0.1, 0.15) is 0 Å². The molecule has 0 unspecified atom stereocenters. The first kappa shape index (κ1) is 15.9. The van der Waals surface area contributed by atoms with Crippen LogP contribution in [0.15, 0.2) is 30.3 Å². The van der Waals surface area contributed by atoms with Gasteiger partial charge in [-0.15, -0.1) is 0 Å². The molecule has 3 heterocycles. The van der Waals surface area contributed by atoms with Gasteiger partial charge in [0.25, 0.3) is 0 Å². The van der Waals surface area contributed by atoms with E-state index in [1.54, 1.807) is 0 Å². The van der Waals surface area contributed by atoms with Crippen molar-refractivity contribution in [3.63, 3.8) is 0 Å². The molecule has 0 atom stereocenters. The first-order valence-electron chi connectivity index (χ1n) is 7.51. The average Bonchev–Trinajstić information content (AvgIpc) is 2.62. The molecule has 1 aliphatic rings. The van der Waals surface area contributed by atoms with Crippen LogP contribution in [0.25, 0.3) is 22.4 Å². The summed E-state index contributed by atoms with van der Waals surface area (Å²) in [4.78, 5) is 19.9. The first-order chi connectivity index (χ1) is 11.7. The van der Waals surface area contributed by atoms with Crippen LogP contribution in [0, 0.1) is 0 Å². The van der Waals surface area contributed by atoms with Gasteiger partial charge in [0.2, 0.25) is 5.28 Å². The van der Waals surface area contributed by atoms with Crippen molar-refractivity contribution in [2.75, 3.05) is 29.5 Å². The second kappa shape index (κ2) is 6.70. The number of benzene rings is 1. The Morgan fingerprint density at radius 1 is 0.917 bits per heavy atom. The second-order valence-corrected chi connectivity index (χ2v) is 7.24. The zero-order chi connectivity index (χ0) is 16.5. The van der Waals surface area contributed by atoms with Gasteiger partial charge in [0.05, 0.1) is 0 Å². The molecule has 1 fully saturated rings. The van der Waals surface area contributed by atoms with Crippen LogP contribution < -0.4 is 4.90 Å². The summed E-state index contributed by atoms with van der Waals surface area (Å²) in [6, 6.07) is 9.74. The minimum absolute atomic E-state index is 0.161. The van der Waals surface area contributed by atoms with Crippen molar-refractivity contribution in [1.82, 2.24) is 19.9 Å². The molecule has 122 valence electrons. The summed E-state index contributed by atoms with van der Waals surface area (Å²) in [5, 5.41) is 0.470. The normalized spacial score (nSPS) is 15.0. The van der Waals surface area contributed by atoms with Gasteiger partial charge in [0.1, 0.15) is 5.69 Å². The van der Waals surface area contributed by atoms with E-state index in [4.69, 9.17) is 28.2 Å². The molecule has 2 aromatic heterocycles. The van der Waals surface area contributed by atoms with Crippen LogP contribution in [0.4, 0.5) is 5.82 Å². The average molecular weight is 378 g/mol. The number of hydrogen-bond acceptors (Lipinski definition) is 6. The monoisotopic (exact) mass is 377 g/mol. The van der Waals surface area contributed by atoms with Gasteiger partial charge >= 0.3 is 0 Å². The summed E-state index contributed by atoms with van der Waals surface area (Å²) in [6.45, 7) is 1.80. The van der Waals surface area contributed by atoms with E-state index in [-0.39, 0.29) is 5.28 Å². The highest BCUT2D eigenvalue weighted by molar-refractivity contribution is 7.99. The van der Waals surface area contributed by atoms with Crippen molar-refractivity contribution in [1.29, 1.82) is 0 Å². The Morgan fingerprint density at radius 2 is 1.67 bits per heavy atom. The Morgan fingerprint density at radius 3 is 2.42 bits per heavy atom. The number of thioether (sulfide) groups is 1. The summed E-state index contributed by atoms with van der Waals surface area (Å²) in [6.07, 6.45) is 0. The summed E-state index contributed by atoms with van der Waals surface area (Å²) >= 11 is 14.4. The van der Waals surface area contributed by atoms with Gasteiger partial charge in [-0.3, -0.25) is 0 Å². The topological polar surface area (TPSA) is 54.8 Å². The zero-order valence-corrected chi connectivity index (χ0v) is 14.9. The maximum absolute atomic E-state index is 6.33. The summed E-state index contributed by atoms with van der Waals surface area (Å²) in [5.74, 6) is 2.83. The lowest BCUT2D eigenvalue weighted by atomic mass is 10.1. The van der Waals surface area contributed by atoms with Crippen molar-refractivity contribution < 1.29 is 0 Å². The van der Waals surface area contributed by atoms with E-state index in [1.165, 1.54) is 0 Å². The Hall–Kier alpha value is -1.63. The molecule has 0 radical (unpaired) electrons. The summed E-state index contributed by atoms with van der Waals surface area (Å²) in [5.41, 5.74) is 2.60. The minimum atomic E-state index is 0.161. The quantitative estimate of drug-likeness (QED) is 0.630. The van der Waals surface area contributed by atoms with Gasteiger partial charge in [0.15, 0.2) is 22.1 Å². The smallest absolute Gasteiger partial charge is 0.226 e. The first-order valence-corrected chi connectivity index (χ1v) is 9.42. The van der Waals surface area contributed by atoms with Crippen LogP contribution >= 0.6 is 35.0 Å². The fourth-order valence-corrected chi connectivity index (χ4v) is 3.96. The highest BCUT2D eigenvalue weighted by Crippen LogP contribution is 2.31. The third kappa shape index (κ3) is 3.01. The van der Waals surface area contributed by atoms with Crippen LogP contribution in [-0.2, 0) is 0 Å². The van der Waals surface area contributed by atoms with E-state index in [2.05, 4.69) is 19.9 Å². The predicted molar refractivity (Wildman–Crippen MR) is 100 cm³/mol. The molecule has 0 spiro atoms. The van der Waals surface area contributed by atoms with Crippen LogP contribution in [0.2, 0.25) is 10.4 Å². The highest BCUT2D eigenvalue weighted by atomic mass is 35.5. The molecular formula is C16H13Cl2N5S. The fourth-order valence-electron chi connectivity index (χ4n) is 2.66. The molecule has 1 saturated heterocycles. The van der Waals surface area contributed by atoms with E-state index >= 15 is 0 Å². The SMILES string of the molecule is Clc1nc(N2CCSCC2)c2nc(-c3ccccc3)c(Cl)nc2n1. The number of fused-ring (bicyclic) bond motifs is 1. The van der Waals surface area contributed by atoms with E-state index in [0.717, 1.165) is 36.0 Å². The molecule has 0 bridgehead atoms. The molecular weight excluding hydrogens is 365 g/mol. The van der Waals surface area contributed by atoms with Gasteiger partial charge < -0.3 is 4.90 Å². The van der Waals surface area contributed by atoms with Crippen LogP contribution in [0.5, 0.6) is 0 Å². The van der Waals surface area contributed by atoms with Gasteiger partial charge in [0, 0.05) is 30.2 Å². The third-order valence-corrected chi connectivity index (χ3v) is 5.18. The van der Waals surface area contributed by atoms with Gasteiger partial charge in [-0.25, -0.2) is 9.97 Å². The summed E-state index contributed by atoms with van der Waals surface area (Å²) in [7, 11) is 0. The minimum Gasteiger partial charge on any atom is -0.353 e. The number of rotatable bonds is 2. The Bertz CT molecular complexity index is 885. The maximum atomic E-state index is 6.33. The van der Waals surface area contributed by atoms with E-state index < -0.39 is 0 Å². The molecule has 8 heteroatoms. The third-order valence-electron chi connectivity index (χ3n) is 3.80. The maximum Gasteiger partial charge on any atom is 0.226 e. The molecule has 1 aliphatic heterocycles. The molecule has 1 aromatic carbocycles. The molecule has 3 aromatic rings. The Kier molecular flexibility index (Phi) is 4.43. The number of halogens is 2. The van der Waals surface area contributed by atoms with Crippen molar-refractivity contribution in [3.8, 4) is 11.3 Å². The van der Waals surface area contributed by atoms with Crippen LogP contribution in [-0.4, -0.2) is 44.5 Å². The van der Waals surface area contributed by atoms with Gasteiger partial charge in [-0.05, 0) is 11.6 Å². The van der Waals surface area contributed by atoms with Gasteiger partial charge in [-0.2, -0.15) is 21.7 Å². The zero-order valence-electron chi connectivity index (χ0n) is 12.6. The van der Waals surface area contributed by atoms with Crippen molar-refractivity contribution in [3.05, 3.63) is 40.8 Å². The largest absolute Gasteiger partial charge is 0.353 e. The number of nitrogens with zero attached hydrogens (tertiary/aromatic N) is 5. The van der Waals surface area contributed by atoms with E-state index in [9.17, 15) is 0 Å². The fraction of sp³-hybridized carbons (Fsp3) is 0.250. The highest BCUT2D eigenvalue weighted by Gasteiger charge is 2.20. The Balaban J connectivity index is 1.92. The lowest BCUT2D eigenvalue weighted by molar-refractivity contribution is 0.839. The molecule has 0 saturated carbocycles. The van der Waals surface area contributed by atoms with Gasteiger partial charge in [-0.1, -0.05) is 41.9 Å². The number of hydrogen-bond donors (Lipinski definition) is 0. The second-order valence-electron chi connectivity index (χ2n) is 5.32. The molecule has 5 nitrogen and oxygen atoms in total. The standard InChI is InChI=1S/C16H13Cl2N5S/c17-13-11(10-4-2-1-3-5-10)19-12-14(20-13)21-16(18)22-15(12)23-6-8-24-9-7-23/h1-5H,6-9H2. The molecule has 24 heavy (non-hydrogen) atoms. The lowest BCUT2D eigenvalue weighted by Gasteiger charge is -2.27. The molecule has 4 rings (SSSR count). The summed E-state index contributed by atoms with van der Waals surface area (Å²) < 4.78 is 0. The van der Waals surface area contributed by atoms with Crippen LogP contribution in [0.3, 0.4) is 0 Å². The van der Waals surface area contributed by atoms with Crippen molar-refractivity contribution in [2.24, 2.45) is 0 Å². The van der Waals surface area contributed by atoms with Crippen molar-refractivity contribution >= 4 is 51.9 Å². The lowest BCUT2D eigenvalue weighted by Crippen LogP contribution is -2.33. The number of aromatic nitrogens is 4. The van der Waals surface area contributed by atoms with E-state index in [0.29, 0.717) is 22.0 Å². The van der Waals surface area contributed by atoms with Crippen molar-refractivity contribution in [2.45, 2.75) is 0 Å². The number of anilines is 1. The predicted octanol–water partition coefficient (Wildman–Crippen LogP) is 3.95. The van der Waals surface area contributed by atoms with E-state index in [1.807, 2.05) is 42.1 Å².